The van der Waals surface area contributed by atoms with Crippen LogP contribution in [0.3, 0.4) is 0 Å². The second kappa shape index (κ2) is 5.73. The minimum Gasteiger partial charge on any atom is -0.317 e. The van der Waals surface area contributed by atoms with E-state index in [2.05, 4.69) is 22.2 Å². The van der Waals surface area contributed by atoms with Gasteiger partial charge in [-0.3, -0.25) is 14.1 Å². The first-order valence-corrected chi connectivity index (χ1v) is 7.12. The first kappa shape index (κ1) is 13.3. The molecule has 0 aromatic carbocycles. The molecule has 2 aromatic rings. The lowest BCUT2D eigenvalue weighted by molar-refractivity contribution is 0.190. The zero-order valence-electron chi connectivity index (χ0n) is 11.7. The number of nitrogens with zero attached hydrogens (tertiary/aromatic N) is 3. The topological polar surface area (TPSA) is 49.6 Å². The van der Waals surface area contributed by atoms with Crippen molar-refractivity contribution in [2.45, 2.75) is 25.4 Å². The van der Waals surface area contributed by atoms with E-state index < -0.39 is 0 Å². The zero-order chi connectivity index (χ0) is 13.9. The van der Waals surface area contributed by atoms with Crippen LogP contribution in [0.5, 0.6) is 0 Å². The van der Waals surface area contributed by atoms with Crippen molar-refractivity contribution in [2.75, 3.05) is 20.1 Å². The van der Waals surface area contributed by atoms with Gasteiger partial charge >= 0.3 is 0 Å². The summed E-state index contributed by atoms with van der Waals surface area (Å²) in [4.78, 5) is 18.9. The van der Waals surface area contributed by atoms with Gasteiger partial charge in [-0.2, -0.15) is 0 Å². The molecular weight excluding hydrogens is 252 g/mol. The van der Waals surface area contributed by atoms with Crippen LogP contribution in [0.4, 0.5) is 0 Å². The van der Waals surface area contributed by atoms with Crippen LogP contribution >= 0.6 is 0 Å². The third-order valence-corrected chi connectivity index (χ3v) is 3.97. The van der Waals surface area contributed by atoms with E-state index in [4.69, 9.17) is 0 Å². The fourth-order valence-corrected chi connectivity index (χ4v) is 2.82. The highest BCUT2D eigenvalue weighted by molar-refractivity contribution is 5.37. The lowest BCUT2D eigenvalue weighted by Crippen LogP contribution is -2.41. The van der Waals surface area contributed by atoms with Crippen molar-refractivity contribution in [1.82, 2.24) is 19.6 Å². The van der Waals surface area contributed by atoms with Crippen molar-refractivity contribution in [1.29, 1.82) is 0 Å². The highest BCUT2D eigenvalue weighted by atomic mass is 16.1. The minimum absolute atomic E-state index is 0.00990. The van der Waals surface area contributed by atoms with Crippen molar-refractivity contribution < 1.29 is 0 Å². The van der Waals surface area contributed by atoms with Gasteiger partial charge < -0.3 is 5.32 Å². The molecule has 5 nitrogen and oxygen atoms in total. The number of rotatable bonds is 3. The Labute approximate surface area is 118 Å². The van der Waals surface area contributed by atoms with Gasteiger partial charge in [0, 0.05) is 24.8 Å². The number of hydrogen-bond acceptors (Lipinski definition) is 4. The van der Waals surface area contributed by atoms with Crippen LogP contribution in [0.15, 0.2) is 35.3 Å². The molecule has 3 heterocycles. The molecule has 1 aliphatic rings. The normalized spacial score (nSPS) is 16.9. The molecule has 1 fully saturated rings. The van der Waals surface area contributed by atoms with Crippen LogP contribution < -0.4 is 10.9 Å². The Bertz CT molecular complexity index is 646. The molecule has 0 radical (unpaired) electrons. The highest BCUT2D eigenvalue weighted by Crippen LogP contribution is 2.12. The largest absolute Gasteiger partial charge is 0.317 e. The van der Waals surface area contributed by atoms with Crippen LogP contribution in [0, 0.1) is 0 Å². The summed E-state index contributed by atoms with van der Waals surface area (Å²) in [7, 11) is 2.12. The minimum atomic E-state index is -0.00990. The van der Waals surface area contributed by atoms with Crippen molar-refractivity contribution in [3.8, 4) is 0 Å². The van der Waals surface area contributed by atoms with Crippen molar-refractivity contribution >= 4 is 5.65 Å². The molecule has 1 aliphatic heterocycles. The summed E-state index contributed by atoms with van der Waals surface area (Å²) in [5.41, 5.74) is 1.56. The molecule has 20 heavy (non-hydrogen) atoms. The lowest BCUT2D eigenvalue weighted by Gasteiger charge is -2.31. The molecule has 0 spiro atoms. The molecule has 0 atom stereocenters. The lowest BCUT2D eigenvalue weighted by atomic mass is 10.1. The monoisotopic (exact) mass is 272 g/mol. The molecule has 3 rings (SSSR count). The smallest absolute Gasteiger partial charge is 0.258 e. The third-order valence-electron chi connectivity index (χ3n) is 3.97. The Kier molecular flexibility index (Phi) is 3.80. The standard InChI is InChI=1S/C15H20N4O/c1-18(13-5-7-16-8-6-13)11-12-10-15(20)19-9-3-2-4-14(19)17-12/h2-4,9-10,13,16H,5-8,11H2,1H3. The van der Waals surface area contributed by atoms with E-state index >= 15 is 0 Å². The first-order chi connectivity index (χ1) is 9.74. The van der Waals surface area contributed by atoms with E-state index in [1.807, 2.05) is 18.2 Å². The molecule has 0 saturated carbocycles. The number of hydrogen-bond donors (Lipinski definition) is 1. The summed E-state index contributed by atoms with van der Waals surface area (Å²) < 4.78 is 1.58. The Balaban J connectivity index is 1.81. The number of aromatic nitrogens is 2. The predicted molar refractivity (Wildman–Crippen MR) is 78.8 cm³/mol. The summed E-state index contributed by atoms with van der Waals surface area (Å²) in [5.74, 6) is 0. The van der Waals surface area contributed by atoms with Gasteiger partial charge in [-0.1, -0.05) is 6.07 Å². The van der Waals surface area contributed by atoms with E-state index in [1.165, 1.54) is 0 Å². The SMILES string of the molecule is CN(Cc1cc(=O)n2ccccc2n1)C1CCNCC1. The second-order valence-corrected chi connectivity index (χ2v) is 5.41. The van der Waals surface area contributed by atoms with E-state index in [1.54, 1.807) is 16.7 Å². The van der Waals surface area contributed by atoms with Crippen molar-refractivity contribution in [3.63, 3.8) is 0 Å². The summed E-state index contributed by atoms with van der Waals surface area (Å²) in [6.45, 7) is 2.87. The maximum atomic E-state index is 12.1. The molecule has 106 valence electrons. The van der Waals surface area contributed by atoms with Gasteiger partial charge in [0.05, 0.1) is 5.69 Å². The fourth-order valence-electron chi connectivity index (χ4n) is 2.82. The van der Waals surface area contributed by atoms with E-state index in [0.717, 1.165) is 38.2 Å². The highest BCUT2D eigenvalue weighted by Gasteiger charge is 2.18. The van der Waals surface area contributed by atoms with E-state index in [0.29, 0.717) is 11.7 Å². The van der Waals surface area contributed by atoms with Crippen LogP contribution in [-0.4, -0.2) is 40.5 Å². The Morgan fingerprint density at radius 2 is 2.20 bits per heavy atom. The summed E-state index contributed by atoms with van der Waals surface area (Å²) in [6, 6.07) is 7.84. The number of fused-ring (bicyclic) bond motifs is 1. The first-order valence-electron chi connectivity index (χ1n) is 7.12. The second-order valence-electron chi connectivity index (χ2n) is 5.41. The van der Waals surface area contributed by atoms with Crippen LogP contribution in [-0.2, 0) is 6.54 Å². The quantitative estimate of drug-likeness (QED) is 0.901. The number of piperidine rings is 1. The Morgan fingerprint density at radius 3 is 3.00 bits per heavy atom. The molecule has 0 amide bonds. The molecule has 0 unspecified atom stereocenters. The third kappa shape index (κ3) is 2.73. The van der Waals surface area contributed by atoms with E-state index in [9.17, 15) is 4.79 Å². The molecular formula is C15H20N4O. The summed E-state index contributed by atoms with van der Waals surface area (Å²) in [5, 5.41) is 3.37. The molecule has 1 saturated heterocycles. The average molecular weight is 272 g/mol. The zero-order valence-corrected chi connectivity index (χ0v) is 11.7. The van der Waals surface area contributed by atoms with Gasteiger partial charge in [0.2, 0.25) is 0 Å². The van der Waals surface area contributed by atoms with Gasteiger partial charge in [0.25, 0.3) is 5.56 Å². The van der Waals surface area contributed by atoms with Crippen molar-refractivity contribution in [2.24, 2.45) is 0 Å². The van der Waals surface area contributed by atoms with E-state index in [-0.39, 0.29) is 5.56 Å². The van der Waals surface area contributed by atoms with Gasteiger partial charge in [0.1, 0.15) is 5.65 Å². The maximum absolute atomic E-state index is 12.1. The van der Waals surface area contributed by atoms with Gasteiger partial charge in [-0.15, -0.1) is 0 Å². The maximum Gasteiger partial charge on any atom is 0.258 e. The molecule has 0 bridgehead atoms. The Morgan fingerprint density at radius 1 is 1.40 bits per heavy atom. The molecule has 0 aliphatic carbocycles. The predicted octanol–water partition coefficient (Wildman–Crippen LogP) is 0.878. The average Bonchev–Trinajstić information content (AvgIpc) is 2.48. The van der Waals surface area contributed by atoms with Gasteiger partial charge in [0.15, 0.2) is 0 Å². The molecule has 2 aromatic heterocycles. The van der Waals surface area contributed by atoms with Gasteiger partial charge in [-0.05, 0) is 45.1 Å². The number of pyridine rings is 1. The molecule has 1 N–H and O–H groups in total. The van der Waals surface area contributed by atoms with Crippen molar-refractivity contribution in [3.05, 3.63) is 46.5 Å². The van der Waals surface area contributed by atoms with Crippen LogP contribution in [0.1, 0.15) is 18.5 Å². The summed E-state index contributed by atoms with van der Waals surface area (Å²) in [6.07, 6.45) is 4.07. The Hall–Kier alpha value is -1.72. The van der Waals surface area contributed by atoms with Crippen LogP contribution in [0.2, 0.25) is 0 Å². The molecule has 5 heteroatoms. The van der Waals surface area contributed by atoms with Gasteiger partial charge in [-0.25, -0.2) is 4.98 Å². The van der Waals surface area contributed by atoms with Crippen LogP contribution in [0.25, 0.3) is 5.65 Å². The summed E-state index contributed by atoms with van der Waals surface area (Å²) >= 11 is 0. The fraction of sp³-hybridized carbons (Fsp3) is 0.467. The number of nitrogens with one attached hydrogen (secondary N) is 1.